The van der Waals surface area contributed by atoms with Crippen LogP contribution in [0.2, 0.25) is 0 Å². The maximum absolute atomic E-state index is 10.2. The molecular formula is C18H29NaO2. The van der Waals surface area contributed by atoms with Crippen LogP contribution < -0.4 is 34.7 Å². The van der Waals surface area contributed by atoms with Gasteiger partial charge in [0.15, 0.2) is 0 Å². The number of hydrogen-bond donors (Lipinski definition) is 0. The molecule has 0 aliphatic heterocycles. The molecule has 0 spiro atoms. The van der Waals surface area contributed by atoms with E-state index < -0.39 is 5.97 Å². The Bertz CT molecular complexity index is 306. The number of unbranched alkanes of at least 4 members (excludes halogenated alkanes) is 7. The molecule has 0 fully saturated rings. The normalized spacial score (nSPS) is 11.5. The summed E-state index contributed by atoms with van der Waals surface area (Å²) in [5.74, 6) is -0.927. The first-order valence-electron chi connectivity index (χ1n) is 7.95. The molecule has 0 aliphatic rings. The van der Waals surface area contributed by atoms with E-state index in [1.807, 2.05) is 0 Å². The van der Waals surface area contributed by atoms with Gasteiger partial charge in [-0.05, 0) is 32.1 Å². The van der Waals surface area contributed by atoms with Crippen LogP contribution >= 0.6 is 0 Å². The van der Waals surface area contributed by atoms with E-state index in [0.29, 0.717) is 0 Å². The third-order valence-electron chi connectivity index (χ3n) is 3.08. The standard InChI is InChI=1S/C18H30O2.Na/c1-2-3-4-5-6-7-8-9-10-11-12-13-14-15-16-17-18(19)20;/h5-10H,2-4,11-17H2,1H3,(H,19,20);/q;+1/p-1/b6-5-,8-7+,10-9-;. The van der Waals surface area contributed by atoms with Gasteiger partial charge in [-0.1, -0.05) is 75.5 Å². The Morgan fingerprint density at radius 3 is 1.90 bits per heavy atom. The Kier molecular flexibility index (Phi) is 21.5. The molecule has 0 aromatic heterocycles. The number of carboxylic acids is 1. The van der Waals surface area contributed by atoms with Crippen LogP contribution in [0.25, 0.3) is 0 Å². The number of rotatable bonds is 13. The molecule has 0 N–H and O–H groups in total. The van der Waals surface area contributed by atoms with E-state index in [1.165, 1.54) is 32.1 Å². The molecule has 21 heavy (non-hydrogen) atoms. The van der Waals surface area contributed by atoms with Gasteiger partial charge in [0.1, 0.15) is 0 Å². The van der Waals surface area contributed by atoms with Crippen molar-refractivity contribution in [1.82, 2.24) is 0 Å². The Morgan fingerprint density at radius 1 is 0.810 bits per heavy atom. The maximum atomic E-state index is 10.2. The van der Waals surface area contributed by atoms with E-state index >= 15 is 0 Å². The Balaban J connectivity index is 0. The van der Waals surface area contributed by atoms with Crippen molar-refractivity contribution in [3.8, 4) is 0 Å². The van der Waals surface area contributed by atoms with Crippen molar-refractivity contribution in [3.63, 3.8) is 0 Å². The average Bonchev–Trinajstić information content (AvgIpc) is 2.43. The first-order chi connectivity index (χ1) is 9.77. The third-order valence-corrected chi connectivity index (χ3v) is 3.08. The van der Waals surface area contributed by atoms with Crippen molar-refractivity contribution >= 4 is 5.97 Å². The van der Waals surface area contributed by atoms with Gasteiger partial charge < -0.3 is 9.90 Å². The van der Waals surface area contributed by atoms with Crippen LogP contribution in [-0.2, 0) is 4.79 Å². The SMILES string of the molecule is CCCC\C=C/C=C/C=C\CCCCCCCC(=O)[O-].[Na+]. The van der Waals surface area contributed by atoms with Crippen molar-refractivity contribution in [2.75, 3.05) is 0 Å². The molecule has 114 valence electrons. The van der Waals surface area contributed by atoms with Gasteiger partial charge in [0.05, 0.1) is 0 Å². The molecule has 0 bridgehead atoms. The third kappa shape index (κ3) is 22.1. The Hall–Kier alpha value is -0.310. The minimum Gasteiger partial charge on any atom is -0.550 e. The summed E-state index contributed by atoms with van der Waals surface area (Å²) in [5.41, 5.74) is 0. The average molecular weight is 300 g/mol. The summed E-state index contributed by atoms with van der Waals surface area (Å²) < 4.78 is 0. The van der Waals surface area contributed by atoms with Crippen LogP contribution in [0.1, 0.15) is 71.1 Å². The molecule has 0 aromatic carbocycles. The summed E-state index contributed by atoms with van der Waals surface area (Å²) in [5, 5.41) is 10.2. The van der Waals surface area contributed by atoms with E-state index in [9.17, 15) is 9.90 Å². The zero-order valence-corrected chi connectivity index (χ0v) is 15.9. The van der Waals surface area contributed by atoms with Crippen molar-refractivity contribution in [1.29, 1.82) is 0 Å². The minimum absolute atomic E-state index is 0. The summed E-state index contributed by atoms with van der Waals surface area (Å²) in [4.78, 5) is 10.2. The second-order valence-electron chi connectivity index (χ2n) is 5.06. The molecule has 0 saturated carbocycles. The van der Waals surface area contributed by atoms with Crippen LogP contribution in [0.15, 0.2) is 36.5 Å². The van der Waals surface area contributed by atoms with Gasteiger partial charge in [0.2, 0.25) is 0 Å². The fraction of sp³-hybridized carbons (Fsp3) is 0.611. The van der Waals surface area contributed by atoms with Gasteiger partial charge in [0, 0.05) is 5.97 Å². The van der Waals surface area contributed by atoms with Gasteiger partial charge in [-0.25, -0.2) is 0 Å². The van der Waals surface area contributed by atoms with Gasteiger partial charge >= 0.3 is 29.6 Å². The number of aliphatic carboxylic acids is 1. The van der Waals surface area contributed by atoms with Crippen molar-refractivity contribution in [2.24, 2.45) is 0 Å². The second kappa shape index (κ2) is 19.7. The molecule has 0 unspecified atom stereocenters. The largest absolute Gasteiger partial charge is 1.00 e. The number of allylic oxidation sites excluding steroid dienone is 6. The molecule has 0 saturated heterocycles. The molecule has 0 rings (SSSR count). The molecular weight excluding hydrogens is 271 g/mol. The fourth-order valence-corrected chi connectivity index (χ4v) is 1.86. The van der Waals surface area contributed by atoms with Gasteiger partial charge in [-0.3, -0.25) is 0 Å². The number of carboxylic acid groups (broad SMARTS) is 1. The van der Waals surface area contributed by atoms with Crippen molar-refractivity contribution in [2.45, 2.75) is 71.1 Å². The van der Waals surface area contributed by atoms with Crippen LogP contribution in [0, 0.1) is 0 Å². The smallest absolute Gasteiger partial charge is 0.550 e. The Morgan fingerprint density at radius 2 is 1.33 bits per heavy atom. The summed E-state index contributed by atoms with van der Waals surface area (Å²) >= 11 is 0. The minimum atomic E-state index is -0.927. The Labute approximate surface area is 152 Å². The maximum Gasteiger partial charge on any atom is 1.00 e. The van der Waals surface area contributed by atoms with E-state index in [-0.39, 0.29) is 36.0 Å². The molecule has 0 radical (unpaired) electrons. The van der Waals surface area contributed by atoms with Gasteiger partial charge in [0.25, 0.3) is 0 Å². The van der Waals surface area contributed by atoms with Gasteiger partial charge in [-0.15, -0.1) is 0 Å². The summed E-state index contributed by atoms with van der Waals surface area (Å²) in [6, 6.07) is 0. The predicted octanol–water partition coefficient (Wildman–Crippen LogP) is 1.33. The van der Waals surface area contributed by atoms with E-state index in [4.69, 9.17) is 0 Å². The predicted molar refractivity (Wildman–Crippen MR) is 84.3 cm³/mol. The molecule has 0 aromatic rings. The van der Waals surface area contributed by atoms with Crippen LogP contribution in [0.4, 0.5) is 0 Å². The van der Waals surface area contributed by atoms with Crippen molar-refractivity contribution in [3.05, 3.63) is 36.5 Å². The zero-order chi connectivity index (χ0) is 14.9. The quantitative estimate of drug-likeness (QED) is 0.292. The summed E-state index contributed by atoms with van der Waals surface area (Å²) in [6.45, 7) is 2.20. The number of carbonyl (C=O) groups excluding carboxylic acids is 1. The fourth-order valence-electron chi connectivity index (χ4n) is 1.86. The zero-order valence-electron chi connectivity index (χ0n) is 13.9. The number of carbonyl (C=O) groups is 1. The van der Waals surface area contributed by atoms with Crippen LogP contribution in [0.3, 0.4) is 0 Å². The van der Waals surface area contributed by atoms with E-state index in [1.54, 1.807) is 0 Å². The monoisotopic (exact) mass is 300 g/mol. The van der Waals surface area contributed by atoms with Gasteiger partial charge in [-0.2, -0.15) is 0 Å². The molecule has 2 nitrogen and oxygen atoms in total. The summed E-state index contributed by atoms with van der Waals surface area (Å²) in [7, 11) is 0. The molecule has 0 aliphatic carbocycles. The first-order valence-corrected chi connectivity index (χ1v) is 7.95. The number of hydrogen-bond acceptors (Lipinski definition) is 2. The van der Waals surface area contributed by atoms with Crippen molar-refractivity contribution < 1.29 is 39.5 Å². The van der Waals surface area contributed by atoms with Crippen LogP contribution in [-0.4, -0.2) is 5.97 Å². The summed E-state index contributed by atoms with van der Waals surface area (Å²) in [6.07, 6.45) is 23.0. The second-order valence-corrected chi connectivity index (χ2v) is 5.06. The van der Waals surface area contributed by atoms with Crippen LogP contribution in [0.5, 0.6) is 0 Å². The molecule has 0 heterocycles. The topological polar surface area (TPSA) is 40.1 Å². The molecule has 0 amide bonds. The molecule has 3 heteroatoms. The molecule has 0 atom stereocenters. The van der Waals surface area contributed by atoms with E-state index in [0.717, 1.165) is 25.7 Å². The first kappa shape index (κ1) is 23.0. The van der Waals surface area contributed by atoms with E-state index in [2.05, 4.69) is 43.4 Å².